The Labute approximate surface area is 87.1 Å². The van der Waals surface area contributed by atoms with Gasteiger partial charge in [0.2, 0.25) is 0 Å². The molecule has 1 aromatic heterocycles. The first kappa shape index (κ1) is 11.0. The van der Waals surface area contributed by atoms with Crippen LogP contribution in [0.15, 0.2) is 11.4 Å². The van der Waals surface area contributed by atoms with E-state index in [0.717, 1.165) is 17.7 Å². The van der Waals surface area contributed by atoms with Crippen molar-refractivity contribution in [1.29, 1.82) is 0 Å². The molecule has 0 saturated carbocycles. The third kappa shape index (κ3) is 3.65. The fraction of sp³-hybridized carbons (Fsp3) is 0.556. The predicted molar refractivity (Wildman–Crippen MR) is 55.4 cm³/mol. The summed E-state index contributed by atoms with van der Waals surface area (Å²) in [7, 11) is 1.66. The topological polar surface area (TPSA) is 29.5 Å². The van der Waals surface area contributed by atoms with E-state index in [4.69, 9.17) is 16.3 Å². The molecule has 1 atom stereocenters. The van der Waals surface area contributed by atoms with Crippen LogP contribution in [0.1, 0.15) is 23.8 Å². The molecule has 13 heavy (non-hydrogen) atoms. The molecule has 0 aromatic carbocycles. The normalized spacial score (nSPS) is 13.2. The quantitative estimate of drug-likeness (QED) is 0.774. The van der Waals surface area contributed by atoms with Crippen molar-refractivity contribution in [3.8, 4) is 0 Å². The van der Waals surface area contributed by atoms with Gasteiger partial charge in [-0.15, -0.1) is 11.3 Å². The summed E-state index contributed by atoms with van der Waals surface area (Å²) in [6, 6.07) is 1.81. The lowest BCUT2D eigenvalue weighted by molar-refractivity contribution is 0.138. The van der Waals surface area contributed by atoms with Crippen LogP contribution in [-0.4, -0.2) is 18.8 Å². The number of aliphatic hydroxyl groups is 1. The maximum Gasteiger partial charge on any atom is 0.0883 e. The Bertz CT molecular complexity index is 250. The Morgan fingerprint density at radius 1 is 1.69 bits per heavy atom. The van der Waals surface area contributed by atoms with E-state index >= 15 is 0 Å². The monoisotopic (exact) mass is 220 g/mol. The largest absolute Gasteiger partial charge is 0.388 e. The molecule has 0 radical (unpaired) electrons. The van der Waals surface area contributed by atoms with Crippen LogP contribution in [0.5, 0.6) is 0 Å². The van der Waals surface area contributed by atoms with Crippen LogP contribution >= 0.6 is 22.9 Å². The highest BCUT2D eigenvalue weighted by Crippen LogP contribution is 2.27. The third-order valence-corrected chi connectivity index (χ3v) is 3.12. The van der Waals surface area contributed by atoms with Crippen LogP contribution in [0.3, 0.4) is 0 Å². The van der Waals surface area contributed by atoms with Crippen molar-refractivity contribution in [2.24, 2.45) is 0 Å². The van der Waals surface area contributed by atoms with Crippen molar-refractivity contribution in [1.82, 2.24) is 0 Å². The third-order valence-electron chi connectivity index (χ3n) is 1.74. The molecule has 0 spiro atoms. The van der Waals surface area contributed by atoms with Gasteiger partial charge in [0, 0.05) is 24.0 Å². The van der Waals surface area contributed by atoms with E-state index in [-0.39, 0.29) is 0 Å². The highest BCUT2D eigenvalue weighted by molar-refractivity contribution is 7.10. The second kappa shape index (κ2) is 5.60. The summed E-state index contributed by atoms with van der Waals surface area (Å²) in [6.07, 6.45) is 1.20. The first-order chi connectivity index (χ1) is 6.24. The Balaban J connectivity index is 2.35. The smallest absolute Gasteiger partial charge is 0.0883 e. The van der Waals surface area contributed by atoms with Gasteiger partial charge in [-0.05, 0) is 18.9 Å². The van der Waals surface area contributed by atoms with Crippen molar-refractivity contribution in [3.05, 3.63) is 21.3 Å². The van der Waals surface area contributed by atoms with Crippen LogP contribution in [-0.2, 0) is 4.74 Å². The van der Waals surface area contributed by atoms with Crippen LogP contribution < -0.4 is 0 Å². The number of aliphatic hydroxyl groups excluding tert-OH is 1. The first-order valence-electron chi connectivity index (χ1n) is 4.15. The Hall–Kier alpha value is -0.0900. The summed E-state index contributed by atoms with van der Waals surface area (Å²) in [5, 5.41) is 12.2. The molecule has 0 aliphatic heterocycles. The number of hydrogen-bond donors (Lipinski definition) is 1. The van der Waals surface area contributed by atoms with E-state index in [2.05, 4.69) is 0 Å². The molecule has 0 fully saturated rings. The van der Waals surface area contributed by atoms with Crippen molar-refractivity contribution >= 4 is 22.9 Å². The molecule has 1 N–H and O–H groups in total. The molecular formula is C9H13ClO2S. The van der Waals surface area contributed by atoms with Crippen LogP contribution in [0.2, 0.25) is 5.02 Å². The first-order valence-corrected chi connectivity index (χ1v) is 5.40. The Kier molecular flexibility index (Phi) is 4.73. The molecule has 1 aromatic rings. The van der Waals surface area contributed by atoms with E-state index in [1.807, 2.05) is 11.4 Å². The maximum atomic E-state index is 9.66. The van der Waals surface area contributed by atoms with E-state index < -0.39 is 6.10 Å². The predicted octanol–water partition coefficient (Wildman–Crippen LogP) is 2.86. The minimum absolute atomic E-state index is 0.396. The molecule has 2 nitrogen and oxygen atoms in total. The van der Waals surface area contributed by atoms with Crippen molar-refractivity contribution in [3.63, 3.8) is 0 Å². The average molecular weight is 221 g/mol. The average Bonchev–Trinajstić information content (AvgIpc) is 2.52. The summed E-state index contributed by atoms with van der Waals surface area (Å²) < 4.78 is 4.90. The second-order valence-corrected chi connectivity index (χ2v) is 4.20. The van der Waals surface area contributed by atoms with Crippen molar-refractivity contribution < 1.29 is 9.84 Å². The molecule has 4 heteroatoms. The van der Waals surface area contributed by atoms with Gasteiger partial charge in [-0.3, -0.25) is 0 Å². The maximum absolute atomic E-state index is 9.66. The lowest BCUT2D eigenvalue weighted by Gasteiger charge is -2.06. The summed E-state index contributed by atoms with van der Waals surface area (Å²) >= 11 is 7.23. The second-order valence-electron chi connectivity index (χ2n) is 2.82. The van der Waals surface area contributed by atoms with Gasteiger partial charge in [-0.1, -0.05) is 11.6 Å². The molecule has 0 amide bonds. The highest BCUT2D eigenvalue weighted by Gasteiger charge is 2.09. The minimum Gasteiger partial charge on any atom is -0.388 e. The van der Waals surface area contributed by atoms with Gasteiger partial charge in [0.1, 0.15) is 0 Å². The van der Waals surface area contributed by atoms with E-state index in [0.29, 0.717) is 11.6 Å². The molecule has 0 bridgehead atoms. The SMILES string of the molecule is COCCCC(O)c1cc(Cl)cs1. The number of ether oxygens (including phenoxy) is 1. The van der Waals surface area contributed by atoms with E-state index in [9.17, 15) is 5.11 Å². The molecule has 0 saturated heterocycles. The van der Waals surface area contributed by atoms with Crippen molar-refractivity contribution in [2.75, 3.05) is 13.7 Å². The summed E-state index contributed by atoms with van der Waals surface area (Å²) in [6.45, 7) is 0.691. The number of hydrogen-bond acceptors (Lipinski definition) is 3. The standard InChI is InChI=1S/C9H13ClO2S/c1-12-4-2-3-8(11)9-5-7(10)6-13-9/h5-6,8,11H,2-4H2,1H3. The van der Waals surface area contributed by atoms with Crippen LogP contribution in [0, 0.1) is 0 Å². The van der Waals surface area contributed by atoms with Gasteiger partial charge < -0.3 is 9.84 Å². The van der Waals surface area contributed by atoms with Gasteiger partial charge >= 0.3 is 0 Å². The Morgan fingerprint density at radius 3 is 3.00 bits per heavy atom. The zero-order valence-electron chi connectivity index (χ0n) is 7.50. The number of halogens is 1. The minimum atomic E-state index is -0.396. The molecule has 0 aliphatic rings. The number of thiophene rings is 1. The zero-order chi connectivity index (χ0) is 9.68. The van der Waals surface area contributed by atoms with Gasteiger partial charge in [0.25, 0.3) is 0 Å². The lowest BCUT2D eigenvalue weighted by atomic mass is 10.2. The molecule has 1 heterocycles. The van der Waals surface area contributed by atoms with Crippen molar-refractivity contribution in [2.45, 2.75) is 18.9 Å². The van der Waals surface area contributed by atoms with Crippen LogP contribution in [0.4, 0.5) is 0 Å². The summed E-state index contributed by atoms with van der Waals surface area (Å²) in [5.74, 6) is 0. The summed E-state index contributed by atoms with van der Waals surface area (Å²) in [5.41, 5.74) is 0. The van der Waals surface area contributed by atoms with Gasteiger partial charge in [-0.25, -0.2) is 0 Å². The fourth-order valence-electron chi connectivity index (χ4n) is 1.07. The van der Waals surface area contributed by atoms with Crippen LogP contribution in [0.25, 0.3) is 0 Å². The zero-order valence-corrected chi connectivity index (χ0v) is 9.07. The molecule has 1 rings (SSSR count). The summed E-state index contributed by atoms with van der Waals surface area (Å²) in [4.78, 5) is 0.932. The van der Waals surface area contributed by atoms with Gasteiger partial charge in [0.15, 0.2) is 0 Å². The van der Waals surface area contributed by atoms with Gasteiger partial charge in [0.05, 0.1) is 11.1 Å². The molecule has 74 valence electrons. The van der Waals surface area contributed by atoms with E-state index in [1.165, 1.54) is 11.3 Å². The number of rotatable bonds is 5. The lowest BCUT2D eigenvalue weighted by Crippen LogP contribution is -1.97. The van der Waals surface area contributed by atoms with Gasteiger partial charge in [-0.2, -0.15) is 0 Å². The molecule has 0 aliphatic carbocycles. The molecule has 1 unspecified atom stereocenters. The highest BCUT2D eigenvalue weighted by atomic mass is 35.5. The fourth-order valence-corrected chi connectivity index (χ4v) is 2.17. The molecular weight excluding hydrogens is 208 g/mol. The Morgan fingerprint density at radius 2 is 2.46 bits per heavy atom. The van der Waals surface area contributed by atoms with E-state index in [1.54, 1.807) is 7.11 Å². The number of methoxy groups -OCH3 is 1.